The first-order valence-electron chi connectivity index (χ1n) is 6.03. The Hall–Kier alpha value is -1.13. The molecule has 3 nitrogen and oxygen atoms in total. The predicted molar refractivity (Wildman–Crippen MR) is 71.8 cm³/mol. The zero-order valence-electron chi connectivity index (χ0n) is 9.90. The Balaban J connectivity index is 1.80. The van der Waals surface area contributed by atoms with E-state index in [0.29, 0.717) is 6.04 Å². The highest BCUT2D eigenvalue weighted by Crippen LogP contribution is 2.27. The normalized spacial score (nSPS) is 20.6. The van der Waals surface area contributed by atoms with Gasteiger partial charge in [-0.25, -0.2) is 4.98 Å². The topological polar surface area (TPSA) is 34.1 Å². The molecule has 4 heteroatoms. The van der Waals surface area contributed by atoms with E-state index in [0.717, 1.165) is 30.3 Å². The summed E-state index contributed by atoms with van der Waals surface area (Å²) in [5.41, 5.74) is 2.35. The molecule has 1 aromatic carbocycles. The van der Waals surface area contributed by atoms with Crippen LogP contribution in [0.25, 0.3) is 10.2 Å². The molecule has 0 amide bonds. The minimum atomic E-state index is 0.422. The Morgan fingerprint density at radius 3 is 3.24 bits per heavy atom. The van der Waals surface area contributed by atoms with Crippen molar-refractivity contribution in [3.05, 3.63) is 23.8 Å². The van der Waals surface area contributed by atoms with E-state index in [2.05, 4.69) is 35.4 Å². The summed E-state index contributed by atoms with van der Waals surface area (Å²) in [5.74, 6) is 0. The summed E-state index contributed by atoms with van der Waals surface area (Å²) in [6.07, 6.45) is 2.32. The molecule has 0 aliphatic carbocycles. The summed E-state index contributed by atoms with van der Waals surface area (Å²) >= 11 is 1.72. The maximum Gasteiger partial charge on any atom is 0.184 e. The third-order valence-corrected chi connectivity index (χ3v) is 4.00. The van der Waals surface area contributed by atoms with E-state index in [1.807, 2.05) is 0 Å². The Morgan fingerprint density at radius 2 is 2.41 bits per heavy atom. The van der Waals surface area contributed by atoms with Crippen molar-refractivity contribution in [2.45, 2.75) is 25.8 Å². The maximum absolute atomic E-state index is 5.46. The van der Waals surface area contributed by atoms with Crippen molar-refractivity contribution in [1.82, 2.24) is 4.98 Å². The van der Waals surface area contributed by atoms with Gasteiger partial charge in [0.2, 0.25) is 0 Å². The van der Waals surface area contributed by atoms with Crippen molar-refractivity contribution in [1.29, 1.82) is 0 Å². The third-order valence-electron chi connectivity index (χ3n) is 3.03. The standard InChI is InChI=1S/C13H16N2OS/c1-9-4-5-12-11(7-9)15-13(17-12)14-10-3-2-6-16-8-10/h4-5,7,10H,2-3,6,8H2,1H3,(H,14,15). The fourth-order valence-electron chi connectivity index (χ4n) is 2.13. The van der Waals surface area contributed by atoms with Crippen LogP contribution in [0.2, 0.25) is 0 Å². The second-order valence-corrected chi connectivity index (χ2v) is 5.58. The number of hydrogen-bond acceptors (Lipinski definition) is 4. The van der Waals surface area contributed by atoms with E-state index in [1.165, 1.54) is 16.7 Å². The minimum Gasteiger partial charge on any atom is -0.379 e. The molecule has 17 heavy (non-hydrogen) atoms. The summed E-state index contributed by atoms with van der Waals surface area (Å²) < 4.78 is 6.71. The monoisotopic (exact) mass is 248 g/mol. The number of hydrogen-bond donors (Lipinski definition) is 1. The Labute approximate surface area is 105 Å². The number of aromatic nitrogens is 1. The van der Waals surface area contributed by atoms with Gasteiger partial charge in [-0.05, 0) is 37.5 Å². The summed E-state index contributed by atoms with van der Waals surface area (Å²) in [4.78, 5) is 4.62. The lowest BCUT2D eigenvalue weighted by Crippen LogP contribution is -2.29. The van der Waals surface area contributed by atoms with Gasteiger partial charge in [-0.1, -0.05) is 17.4 Å². The van der Waals surface area contributed by atoms with Crippen molar-refractivity contribution in [3.63, 3.8) is 0 Å². The molecule has 2 heterocycles. The van der Waals surface area contributed by atoms with Crippen molar-refractivity contribution in [3.8, 4) is 0 Å². The van der Waals surface area contributed by atoms with Gasteiger partial charge in [0.05, 0.1) is 22.9 Å². The number of benzene rings is 1. The van der Waals surface area contributed by atoms with E-state index in [4.69, 9.17) is 4.74 Å². The first-order chi connectivity index (χ1) is 8.31. The smallest absolute Gasteiger partial charge is 0.184 e. The van der Waals surface area contributed by atoms with Crippen LogP contribution in [0.15, 0.2) is 18.2 Å². The van der Waals surface area contributed by atoms with Gasteiger partial charge < -0.3 is 10.1 Å². The van der Waals surface area contributed by atoms with Crippen LogP contribution in [-0.4, -0.2) is 24.2 Å². The van der Waals surface area contributed by atoms with Gasteiger partial charge in [-0.15, -0.1) is 0 Å². The van der Waals surface area contributed by atoms with Gasteiger partial charge in [0.15, 0.2) is 5.13 Å². The molecule has 1 atom stereocenters. The SMILES string of the molecule is Cc1ccc2sc(NC3CCCOC3)nc2c1. The summed E-state index contributed by atoms with van der Waals surface area (Å²) in [7, 11) is 0. The van der Waals surface area contributed by atoms with Crippen LogP contribution >= 0.6 is 11.3 Å². The molecule has 3 rings (SSSR count). The lowest BCUT2D eigenvalue weighted by Gasteiger charge is -2.22. The highest BCUT2D eigenvalue weighted by atomic mass is 32.1. The van der Waals surface area contributed by atoms with E-state index in [9.17, 15) is 0 Å². The Morgan fingerprint density at radius 1 is 1.47 bits per heavy atom. The van der Waals surface area contributed by atoms with Crippen LogP contribution in [0.1, 0.15) is 18.4 Å². The number of anilines is 1. The molecule has 1 aliphatic rings. The van der Waals surface area contributed by atoms with Crippen LogP contribution in [0, 0.1) is 6.92 Å². The second-order valence-electron chi connectivity index (χ2n) is 4.55. The fourth-order valence-corrected chi connectivity index (χ4v) is 3.05. The van der Waals surface area contributed by atoms with Crippen molar-refractivity contribution >= 4 is 26.7 Å². The van der Waals surface area contributed by atoms with Gasteiger partial charge in [-0.3, -0.25) is 0 Å². The summed E-state index contributed by atoms with van der Waals surface area (Å²) in [6.45, 7) is 3.80. The summed E-state index contributed by atoms with van der Waals surface area (Å²) in [6, 6.07) is 6.83. The molecule has 1 fully saturated rings. The second kappa shape index (κ2) is 4.63. The first kappa shape index (κ1) is 11.0. The molecular weight excluding hydrogens is 232 g/mol. The quantitative estimate of drug-likeness (QED) is 0.886. The number of nitrogens with zero attached hydrogens (tertiary/aromatic N) is 1. The highest BCUT2D eigenvalue weighted by molar-refractivity contribution is 7.22. The molecule has 90 valence electrons. The van der Waals surface area contributed by atoms with Crippen LogP contribution in [0.4, 0.5) is 5.13 Å². The lowest BCUT2D eigenvalue weighted by molar-refractivity contribution is 0.0876. The number of nitrogens with one attached hydrogen (secondary N) is 1. The largest absolute Gasteiger partial charge is 0.379 e. The van der Waals surface area contributed by atoms with Crippen LogP contribution in [-0.2, 0) is 4.74 Å². The third kappa shape index (κ3) is 2.42. The molecule has 1 aliphatic heterocycles. The molecule has 0 radical (unpaired) electrons. The number of rotatable bonds is 2. The average molecular weight is 248 g/mol. The predicted octanol–water partition coefficient (Wildman–Crippen LogP) is 3.20. The minimum absolute atomic E-state index is 0.422. The van der Waals surface area contributed by atoms with Gasteiger partial charge in [0.25, 0.3) is 0 Å². The van der Waals surface area contributed by atoms with E-state index < -0.39 is 0 Å². The van der Waals surface area contributed by atoms with E-state index in [-0.39, 0.29) is 0 Å². The van der Waals surface area contributed by atoms with Crippen molar-refractivity contribution in [2.75, 3.05) is 18.5 Å². The van der Waals surface area contributed by atoms with E-state index in [1.54, 1.807) is 11.3 Å². The van der Waals surface area contributed by atoms with Crippen LogP contribution in [0.3, 0.4) is 0 Å². The van der Waals surface area contributed by atoms with Gasteiger partial charge >= 0.3 is 0 Å². The molecule has 2 aromatic rings. The number of fused-ring (bicyclic) bond motifs is 1. The fraction of sp³-hybridized carbons (Fsp3) is 0.462. The number of thiazole rings is 1. The molecule has 1 aromatic heterocycles. The van der Waals surface area contributed by atoms with Gasteiger partial charge in [-0.2, -0.15) is 0 Å². The molecule has 1 N–H and O–H groups in total. The van der Waals surface area contributed by atoms with Crippen molar-refractivity contribution in [2.24, 2.45) is 0 Å². The number of ether oxygens (including phenoxy) is 1. The van der Waals surface area contributed by atoms with Crippen LogP contribution < -0.4 is 5.32 Å². The lowest BCUT2D eigenvalue weighted by atomic mass is 10.1. The van der Waals surface area contributed by atoms with Crippen molar-refractivity contribution < 1.29 is 4.74 Å². The Kier molecular flexibility index (Phi) is 2.99. The average Bonchev–Trinajstić information content (AvgIpc) is 2.71. The van der Waals surface area contributed by atoms with Crippen LogP contribution in [0.5, 0.6) is 0 Å². The molecule has 0 bridgehead atoms. The Bertz CT molecular complexity index is 517. The highest BCUT2D eigenvalue weighted by Gasteiger charge is 2.15. The molecule has 0 saturated carbocycles. The number of aryl methyl sites for hydroxylation is 1. The zero-order chi connectivity index (χ0) is 11.7. The summed E-state index contributed by atoms with van der Waals surface area (Å²) in [5, 5.41) is 4.49. The first-order valence-corrected chi connectivity index (χ1v) is 6.84. The molecule has 1 unspecified atom stereocenters. The molecule has 0 spiro atoms. The molecule has 1 saturated heterocycles. The molecular formula is C13H16N2OS. The zero-order valence-corrected chi connectivity index (χ0v) is 10.7. The van der Waals surface area contributed by atoms with E-state index >= 15 is 0 Å². The maximum atomic E-state index is 5.46. The van der Waals surface area contributed by atoms with Gasteiger partial charge in [0, 0.05) is 6.61 Å². The van der Waals surface area contributed by atoms with Gasteiger partial charge in [0.1, 0.15) is 0 Å².